The summed E-state index contributed by atoms with van der Waals surface area (Å²) in [6, 6.07) is 8.61. The normalized spacial score (nSPS) is 23.6. The second-order valence-corrected chi connectivity index (χ2v) is 6.32. The predicted octanol–water partition coefficient (Wildman–Crippen LogP) is 2.24. The molecule has 2 aliphatic heterocycles. The van der Waals surface area contributed by atoms with E-state index in [9.17, 15) is 5.11 Å². The summed E-state index contributed by atoms with van der Waals surface area (Å²) in [6.07, 6.45) is 5.67. The summed E-state index contributed by atoms with van der Waals surface area (Å²) in [5.74, 6) is 0. The Labute approximate surface area is 122 Å². The maximum absolute atomic E-state index is 10.8. The number of benzene rings is 1. The minimum atomic E-state index is -0.622. The van der Waals surface area contributed by atoms with Gasteiger partial charge in [-0.15, -0.1) is 0 Å². The Morgan fingerprint density at radius 2 is 1.85 bits per heavy atom. The number of likely N-dealkylation sites (tertiary alicyclic amines) is 1. The Morgan fingerprint density at radius 1 is 1.10 bits per heavy atom. The van der Waals surface area contributed by atoms with Gasteiger partial charge in [-0.3, -0.25) is 4.90 Å². The Balaban J connectivity index is 1.71. The van der Waals surface area contributed by atoms with Crippen LogP contribution >= 0.6 is 0 Å². The van der Waals surface area contributed by atoms with Crippen LogP contribution in [0, 0.1) is 0 Å². The Kier molecular flexibility index (Phi) is 4.39. The zero-order valence-electron chi connectivity index (χ0n) is 12.3. The van der Waals surface area contributed by atoms with E-state index in [1.165, 1.54) is 37.9 Å². The second-order valence-electron chi connectivity index (χ2n) is 6.32. The fourth-order valence-electron chi connectivity index (χ4n) is 3.46. The van der Waals surface area contributed by atoms with Crippen LogP contribution in [0.1, 0.15) is 43.2 Å². The maximum atomic E-state index is 10.8. The highest BCUT2D eigenvalue weighted by molar-refractivity contribution is 5.29. The molecule has 2 heterocycles. The van der Waals surface area contributed by atoms with Crippen LogP contribution in [0.5, 0.6) is 0 Å². The lowest BCUT2D eigenvalue weighted by Crippen LogP contribution is -2.39. The van der Waals surface area contributed by atoms with Crippen molar-refractivity contribution in [3.05, 3.63) is 35.4 Å². The molecule has 2 fully saturated rings. The molecule has 0 bridgehead atoms. The molecule has 0 saturated carbocycles. The summed E-state index contributed by atoms with van der Waals surface area (Å²) in [5, 5.41) is 14.1. The molecule has 0 spiro atoms. The summed E-state index contributed by atoms with van der Waals surface area (Å²) in [5.41, 5.74) is 1.83. The third-order valence-corrected chi connectivity index (χ3v) is 4.75. The van der Waals surface area contributed by atoms with Crippen molar-refractivity contribution in [1.82, 2.24) is 10.2 Å². The summed E-state index contributed by atoms with van der Waals surface area (Å²) < 4.78 is 0. The largest absolute Gasteiger partial charge is 0.385 e. The van der Waals surface area contributed by atoms with Gasteiger partial charge in [0.25, 0.3) is 0 Å². The first kappa shape index (κ1) is 14.1. The van der Waals surface area contributed by atoms with Gasteiger partial charge in [-0.05, 0) is 63.0 Å². The quantitative estimate of drug-likeness (QED) is 0.887. The topological polar surface area (TPSA) is 35.5 Å². The van der Waals surface area contributed by atoms with Gasteiger partial charge in [-0.25, -0.2) is 0 Å². The number of aliphatic hydroxyl groups is 1. The molecule has 0 aliphatic carbocycles. The van der Waals surface area contributed by atoms with Gasteiger partial charge in [0.1, 0.15) is 0 Å². The van der Waals surface area contributed by atoms with Crippen molar-refractivity contribution >= 4 is 0 Å². The first-order valence-electron chi connectivity index (χ1n) is 8.01. The molecular weight excluding hydrogens is 248 g/mol. The van der Waals surface area contributed by atoms with E-state index in [1.54, 1.807) is 0 Å². The predicted molar refractivity (Wildman–Crippen MR) is 81.6 cm³/mol. The van der Waals surface area contributed by atoms with Gasteiger partial charge < -0.3 is 10.4 Å². The Bertz CT molecular complexity index is 434. The monoisotopic (exact) mass is 274 g/mol. The molecular formula is C17H26N2O. The van der Waals surface area contributed by atoms with Crippen molar-refractivity contribution in [1.29, 1.82) is 0 Å². The molecule has 3 heteroatoms. The van der Waals surface area contributed by atoms with Crippen LogP contribution in [0.4, 0.5) is 0 Å². The highest BCUT2D eigenvalue weighted by Gasteiger charge is 2.31. The van der Waals surface area contributed by atoms with Gasteiger partial charge >= 0.3 is 0 Å². The molecule has 20 heavy (non-hydrogen) atoms. The molecule has 0 amide bonds. The zero-order valence-corrected chi connectivity index (χ0v) is 12.3. The molecule has 3 rings (SSSR count). The Hall–Kier alpha value is -0.900. The summed E-state index contributed by atoms with van der Waals surface area (Å²) in [7, 11) is 0. The summed E-state index contributed by atoms with van der Waals surface area (Å²) in [4.78, 5) is 2.54. The van der Waals surface area contributed by atoms with Crippen LogP contribution in [0.15, 0.2) is 24.3 Å². The van der Waals surface area contributed by atoms with Crippen LogP contribution in [-0.2, 0) is 12.1 Å². The number of hydrogen-bond acceptors (Lipinski definition) is 3. The van der Waals surface area contributed by atoms with Gasteiger partial charge in [-0.2, -0.15) is 0 Å². The third kappa shape index (κ3) is 3.22. The summed E-state index contributed by atoms with van der Waals surface area (Å²) >= 11 is 0. The van der Waals surface area contributed by atoms with Crippen molar-refractivity contribution in [3.8, 4) is 0 Å². The fraction of sp³-hybridized carbons (Fsp3) is 0.647. The van der Waals surface area contributed by atoms with E-state index in [2.05, 4.69) is 34.5 Å². The lowest BCUT2D eigenvalue weighted by molar-refractivity contribution is 0.00582. The number of piperidine rings is 2. The van der Waals surface area contributed by atoms with E-state index in [0.717, 1.165) is 38.0 Å². The van der Waals surface area contributed by atoms with Gasteiger partial charge in [0.05, 0.1) is 5.60 Å². The van der Waals surface area contributed by atoms with Gasteiger partial charge in [0, 0.05) is 6.54 Å². The molecule has 110 valence electrons. The zero-order chi connectivity index (χ0) is 13.8. The van der Waals surface area contributed by atoms with Crippen molar-refractivity contribution in [2.45, 2.75) is 44.2 Å². The molecule has 3 nitrogen and oxygen atoms in total. The van der Waals surface area contributed by atoms with Crippen LogP contribution in [-0.4, -0.2) is 36.2 Å². The number of nitrogens with zero attached hydrogens (tertiary/aromatic N) is 1. The molecule has 1 aromatic rings. The molecule has 2 aliphatic rings. The van der Waals surface area contributed by atoms with Crippen molar-refractivity contribution in [2.75, 3.05) is 26.2 Å². The van der Waals surface area contributed by atoms with Crippen molar-refractivity contribution < 1.29 is 5.11 Å². The average Bonchev–Trinajstić information content (AvgIpc) is 2.49. The van der Waals surface area contributed by atoms with E-state index in [0.29, 0.717) is 0 Å². The van der Waals surface area contributed by atoms with E-state index in [-0.39, 0.29) is 0 Å². The van der Waals surface area contributed by atoms with E-state index >= 15 is 0 Å². The average molecular weight is 274 g/mol. The smallest absolute Gasteiger partial charge is 0.0920 e. The van der Waals surface area contributed by atoms with Gasteiger partial charge in [-0.1, -0.05) is 30.7 Å². The standard InChI is InChI=1S/C17H26N2O/c20-17(7-9-18-10-8-17)16-6-4-5-15(13-16)14-19-11-2-1-3-12-19/h4-6,13,18,20H,1-3,7-12,14H2. The molecule has 2 saturated heterocycles. The lowest BCUT2D eigenvalue weighted by Gasteiger charge is -2.33. The molecule has 0 aromatic heterocycles. The van der Waals surface area contributed by atoms with Crippen molar-refractivity contribution in [2.24, 2.45) is 0 Å². The van der Waals surface area contributed by atoms with E-state index in [1.807, 2.05) is 0 Å². The lowest BCUT2D eigenvalue weighted by atomic mass is 9.84. The van der Waals surface area contributed by atoms with Gasteiger partial charge in [0.2, 0.25) is 0 Å². The van der Waals surface area contributed by atoms with Crippen LogP contribution in [0.3, 0.4) is 0 Å². The fourth-order valence-corrected chi connectivity index (χ4v) is 3.46. The number of rotatable bonds is 3. The first-order valence-corrected chi connectivity index (χ1v) is 8.01. The number of nitrogens with one attached hydrogen (secondary N) is 1. The number of hydrogen-bond donors (Lipinski definition) is 2. The molecule has 1 aromatic carbocycles. The maximum Gasteiger partial charge on any atom is 0.0920 e. The highest BCUT2D eigenvalue weighted by atomic mass is 16.3. The summed E-state index contributed by atoms with van der Waals surface area (Å²) in [6.45, 7) is 5.29. The molecule has 0 unspecified atom stereocenters. The SMILES string of the molecule is OC1(c2cccc(CN3CCCCC3)c2)CCNCC1. The third-order valence-electron chi connectivity index (χ3n) is 4.75. The minimum Gasteiger partial charge on any atom is -0.385 e. The second kappa shape index (κ2) is 6.25. The van der Waals surface area contributed by atoms with Crippen LogP contribution < -0.4 is 5.32 Å². The van der Waals surface area contributed by atoms with E-state index in [4.69, 9.17) is 0 Å². The molecule has 0 radical (unpaired) electrons. The molecule has 2 N–H and O–H groups in total. The van der Waals surface area contributed by atoms with Gasteiger partial charge in [0.15, 0.2) is 0 Å². The molecule has 0 atom stereocenters. The van der Waals surface area contributed by atoms with E-state index < -0.39 is 5.60 Å². The highest BCUT2D eigenvalue weighted by Crippen LogP contribution is 2.31. The minimum absolute atomic E-state index is 0.622. The first-order chi connectivity index (χ1) is 9.76. The van der Waals surface area contributed by atoms with Crippen molar-refractivity contribution in [3.63, 3.8) is 0 Å². The van der Waals surface area contributed by atoms with Crippen LogP contribution in [0.25, 0.3) is 0 Å². The van der Waals surface area contributed by atoms with Crippen LogP contribution in [0.2, 0.25) is 0 Å². The Morgan fingerprint density at radius 3 is 2.60 bits per heavy atom.